The number of carbonyl (C=O) groups is 2. The van der Waals surface area contributed by atoms with Crippen molar-refractivity contribution in [3.8, 4) is 0 Å². The van der Waals surface area contributed by atoms with Crippen LogP contribution in [0.15, 0.2) is 12.3 Å². The number of hydrogen-bond donors (Lipinski definition) is 2. The molecule has 6 nitrogen and oxygen atoms in total. The average Bonchev–Trinajstić information content (AvgIpc) is 2.56. The highest BCUT2D eigenvalue weighted by molar-refractivity contribution is 6.33. The largest absolute Gasteiger partial charge is 0.384 e. The monoisotopic (exact) mass is 268 g/mol. The van der Waals surface area contributed by atoms with Gasteiger partial charge in [0.2, 0.25) is 5.91 Å². The molecule has 3 N–H and O–H groups in total. The van der Waals surface area contributed by atoms with E-state index in [0.717, 1.165) is 0 Å². The molecule has 18 heavy (non-hydrogen) atoms. The van der Waals surface area contributed by atoms with Gasteiger partial charge in [-0.3, -0.25) is 9.59 Å². The van der Waals surface area contributed by atoms with Gasteiger partial charge in [0.05, 0.1) is 10.6 Å². The minimum Gasteiger partial charge on any atom is -0.384 e. The van der Waals surface area contributed by atoms with Crippen LogP contribution in [0.2, 0.25) is 5.02 Å². The smallest absolute Gasteiger partial charge is 0.255 e. The van der Waals surface area contributed by atoms with Crippen molar-refractivity contribution in [2.45, 2.75) is 6.42 Å². The van der Waals surface area contributed by atoms with Crippen LogP contribution in [-0.4, -0.2) is 41.3 Å². The SMILES string of the molecule is Nc1cc(C(=O)N2CCNC(=O)CC2)c(Cl)cn1. The number of hydrogen-bond acceptors (Lipinski definition) is 4. The lowest BCUT2D eigenvalue weighted by Crippen LogP contribution is -2.34. The van der Waals surface area contributed by atoms with Gasteiger partial charge >= 0.3 is 0 Å². The van der Waals surface area contributed by atoms with Gasteiger partial charge in [0.1, 0.15) is 5.82 Å². The summed E-state index contributed by atoms with van der Waals surface area (Å²) in [6.45, 7) is 1.29. The molecule has 1 aliphatic rings. The van der Waals surface area contributed by atoms with E-state index in [-0.39, 0.29) is 22.7 Å². The molecule has 1 aromatic rings. The Labute approximate surface area is 109 Å². The van der Waals surface area contributed by atoms with Crippen molar-refractivity contribution in [2.75, 3.05) is 25.4 Å². The van der Waals surface area contributed by atoms with Crippen LogP contribution in [0.5, 0.6) is 0 Å². The fraction of sp³-hybridized carbons (Fsp3) is 0.364. The first-order chi connectivity index (χ1) is 8.58. The van der Waals surface area contributed by atoms with Gasteiger partial charge < -0.3 is 16.0 Å². The van der Waals surface area contributed by atoms with Crippen molar-refractivity contribution in [3.63, 3.8) is 0 Å². The number of nitrogens with zero attached hydrogens (tertiary/aromatic N) is 2. The van der Waals surface area contributed by atoms with Crippen molar-refractivity contribution < 1.29 is 9.59 Å². The van der Waals surface area contributed by atoms with Crippen LogP contribution in [0, 0.1) is 0 Å². The number of nitrogens with two attached hydrogens (primary N) is 1. The lowest BCUT2D eigenvalue weighted by Gasteiger charge is -2.20. The molecule has 0 aliphatic carbocycles. The van der Waals surface area contributed by atoms with Crippen molar-refractivity contribution in [2.24, 2.45) is 0 Å². The fourth-order valence-electron chi connectivity index (χ4n) is 1.76. The first-order valence-corrected chi connectivity index (χ1v) is 5.92. The van der Waals surface area contributed by atoms with Crippen molar-refractivity contribution in [1.29, 1.82) is 0 Å². The molecule has 2 rings (SSSR count). The van der Waals surface area contributed by atoms with E-state index in [1.807, 2.05) is 0 Å². The second kappa shape index (κ2) is 5.22. The summed E-state index contributed by atoms with van der Waals surface area (Å²) in [7, 11) is 0. The second-order valence-electron chi connectivity index (χ2n) is 3.98. The molecule has 0 spiro atoms. The Balaban J connectivity index is 2.19. The number of nitrogen functional groups attached to an aromatic ring is 1. The molecule has 7 heteroatoms. The fourth-order valence-corrected chi connectivity index (χ4v) is 1.94. The molecule has 0 unspecified atom stereocenters. The van der Waals surface area contributed by atoms with Gasteiger partial charge in [-0.25, -0.2) is 4.98 Å². The molecule has 1 aromatic heterocycles. The van der Waals surface area contributed by atoms with Crippen LogP contribution in [0.1, 0.15) is 16.8 Å². The standard InChI is InChI=1S/C11H13ClN4O2/c12-8-6-15-9(13)5-7(8)11(18)16-3-1-10(17)14-2-4-16/h5-6H,1-4H2,(H2,13,15)(H,14,17). The molecule has 1 saturated heterocycles. The number of rotatable bonds is 1. The summed E-state index contributed by atoms with van der Waals surface area (Å²) in [4.78, 5) is 28.8. The molecule has 0 radical (unpaired) electrons. The second-order valence-corrected chi connectivity index (χ2v) is 4.39. The van der Waals surface area contributed by atoms with Crippen LogP contribution in [-0.2, 0) is 4.79 Å². The predicted molar refractivity (Wildman–Crippen MR) is 67.2 cm³/mol. The Morgan fingerprint density at radius 2 is 2.28 bits per heavy atom. The summed E-state index contributed by atoms with van der Waals surface area (Å²) >= 11 is 5.93. The van der Waals surface area contributed by atoms with Gasteiger partial charge in [0.15, 0.2) is 0 Å². The molecule has 0 saturated carbocycles. The van der Waals surface area contributed by atoms with Crippen LogP contribution in [0.4, 0.5) is 5.82 Å². The molecule has 96 valence electrons. The maximum absolute atomic E-state index is 12.3. The van der Waals surface area contributed by atoms with Gasteiger partial charge in [0, 0.05) is 32.3 Å². The Hall–Kier alpha value is -1.82. The van der Waals surface area contributed by atoms with Gasteiger partial charge in [0.25, 0.3) is 5.91 Å². The van der Waals surface area contributed by atoms with Gasteiger partial charge in [-0.05, 0) is 6.07 Å². The molecular formula is C11H13ClN4O2. The summed E-state index contributed by atoms with van der Waals surface area (Å²) in [5.74, 6) is -0.0389. The zero-order valence-corrected chi connectivity index (χ0v) is 10.4. The number of nitrogens with one attached hydrogen (secondary N) is 1. The summed E-state index contributed by atoms with van der Waals surface area (Å²) in [5.41, 5.74) is 5.86. The molecule has 1 fully saturated rings. The number of halogens is 1. The predicted octanol–water partition coefficient (Wildman–Crippen LogP) is 0.279. The highest BCUT2D eigenvalue weighted by Crippen LogP contribution is 2.19. The number of amides is 2. The molecule has 2 amide bonds. The van der Waals surface area contributed by atoms with Gasteiger partial charge in [-0.15, -0.1) is 0 Å². The molecule has 0 aromatic carbocycles. The van der Waals surface area contributed by atoms with E-state index in [9.17, 15) is 9.59 Å². The van der Waals surface area contributed by atoms with Gasteiger partial charge in [-0.1, -0.05) is 11.6 Å². The summed E-state index contributed by atoms with van der Waals surface area (Å²) < 4.78 is 0. The average molecular weight is 269 g/mol. The van der Waals surface area contributed by atoms with E-state index in [2.05, 4.69) is 10.3 Å². The van der Waals surface area contributed by atoms with E-state index < -0.39 is 0 Å². The number of anilines is 1. The molecule has 0 bridgehead atoms. The molecule has 2 heterocycles. The third kappa shape index (κ3) is 2.70. The van der Waals surface area contributed by atoms with Crippen LogP contribution >= 0.6 is 11.6 Å². The molecule has 0 atom stereocenters. The van der Waals surface area contributed by atoms with Gasteiger partial charge in [-0.2, -0.15) is 0 Å². The van der Waals surface area contributed by atoms with E-state index in [1.165, 1.54) is 12.3 Å². The highest BCUT2D eigenvalue weighted by Gasteiger charge is 2.21. The minimum atomic E-state index is -0.231. The minimum absolute atomic E-state index is 0.0503. The number of aromatic nitrogens is 1. The lowest BCUT2D eigenvalue weighted by molar-refractivity contribution is -0.120. The third-order valence-electron chi connectivity index (χ3n) is 2.71. The van der Waals surface area contributed by atoms with Crippen molar-refractivity contribution in [1.82, 2.24) is 15.2 Å². The third-order valence-corrected chi connectivity index (χ3v) is 3.01. The van der Waals surface area contributed by atoms with Crippen molar-refractivity contribution in [3.05, 3.63) is 22.8 Å². The van der Waals surface area contributed by atoms with E-state index in [4.69, 9.17) is 17.3 Å². The Kier molecular flexibility index (Phi) is 3.66. The maximum Gasteiger partial charge on any atom is 0.255 e. The highest BCUT2D eigenvalue weighted by atomic mass is 35.5. The summed E-state index contributed by atoms with van der Waals surface area (Å²) in [6.07, 6.45) is 1.65. The Bertz CT molecular complexity index is 492. The van der Waals surface area contributed by atoms with Crippen LogP contribution in [0.25, 0.3) is 0 Å². The molecule has 1 aliphatic heterocycles. The Morgan fingerprint density at radius 1 is 1.50 bits per heavy atom. The first kappa shape index (κ1) is 12.6. The van der Waals surface area contributed by atoms with Crippen LogP contribution < -0.4 is 11.1 Å². The zero-order chi connectivity index (χ0) is 13.1. The maximum atomic E-state index is 12.3. The lowest BCUT2D eigenvalue weighted by atomic mass is 10.2. The van der Waals surface area contributed by atoms with Crippen LogP contribution in [0.3, 0.4) is 0 Å². The summed E-state index contributed by atoms with van der Waals surface area (Å²) in [6, 6.07) is 1.45. The van der Waals surface area contributed by atoms with E-state index in [0.29, 0.717) is 31.6 Å². The first-order valence-electron chi connectivity index (χ1n) is 5.55. The van der Waals surface area contributed by atoms with E-state index in [1.54, 1.807) is 4.90 Å². The topological polar surface area (TPSA) is 88.3 Å². The zero-order valence-electron chi connectivity index (χ0n) is 9.65. The van der Waals surface area contributed by atoms with E-state index >= 15 is 0 Å². The normalized spacial score (nSPS) is 16.1. The van der Waals surface area contributed by atoms with Crippen molar-refractivity contribution >= 4 is 29.2 Å². The Morgan fingerprint density at radius 3 is 3.06 bits per heavy atom. The molecular weight excluding hydrogens is 256 g/mol. The number of carbonyl (C=O) groups excluding carboxylic acids is 2. The summed E-state index contributed by atoms with van der Waals surface area (Å²) in [5, 5.41) is 2.97. The number of pyridine rings is 1. The quantitative estimate of drug-likeness (QED) is 0.766.